The molecule has 0 aliphatic rings. The van der Waals surface area contributed by atoms with E-state index in [1.165, 1.54) is 18.3 Å². The SMILES string of the molecule is O=C(NCc1ccncc1)c1ccnc(Nc2c(F)cccc2F)n1. The standard InChI is InChI=1S/C17H13F2N5O/c18-12-2-1-3-13(19)15(12)24-17-21-9-6-14(23-17)16(25)22-10-11-4-7-20-8-5-11/h1-9H,10H2,(H,22,25)(H,21,23,24). The Hall–Kier alpha value is -3.42. The van der Waals surface area contributed by atoms with Crippen molar-refractivity contribution in [1.82, 2.24) is 20.3 Å². The number of aromatic nitrogens is 3. The quantitative estimate of drug-likeness (QED) is 0.746. The van der Waals surface area contributed by atoms with Crippen LogP contribution in [0.15, 0.2) is 55.0 Å². The fourth-order valence-corrected chi connectivity index (χ4v) is 2.05. The number of carbonyl (C=O) groups excluding carboxylic acids is 1. The number of amides is 1. The summed E-state index contributed by atoms with van der Waals surface area (Å²) in [5.41, 5.74) is 0.573. The van der Waals surface area contributed by atoms with Gasteiger partial charge in [0.1, 0.15) is 23.0 Å². The zero-order valence-electron chi connectivity index (χ0n) is 12.9. The predicted octanol–water partition coefficient (Wildman–Crippen LogP) is 2.82. The van der Waals surface area contributed by atoms with Gasteiger partial charge in [0.25, 0.3) is 5.91 Å². The molecule has 0 saturated heterocycles. The molecule has 1 aromatic carbocycles. The third-order valence-corrected chi connectivity index (χ3v) is 3.29. The van der Waals surface area contributed by atoms with Crippen molar-refractivity contribution < 1.29 is 13.6 Å². The van der Waals surface area contributed by atoms with Gasteiger partial charge in [-0.05, 0) is 35.9 Å². The lowest BCUT2D eigenvalue weighted by molar-refractivity contribution is 0.0946. The Bertz CT molecular complexity index is 869. The van der Waals surface area contributed by atoms with Gasteiger partial charge in [0.15, 0.2) is 0 Å². The number of nitrogens with zero attached hydrogens (tertiary/aromatic N) is 3. The van der Waals surface area contributed by atoms with Gasteiger partial charge in [-0.3, -0.25) is 9.78 Å². The van der Waals surface area contributed by atoms with Crippen molar-refractivity contribution >= 4 is 17.5 Å². The van der Waals surface area contributed by atoms with Crippen molar-refractivity contribution in [1.29, 1.82) is 0 Å². The van der Waals surface area contributed by atoms with E-state index in [1.54, 1.807) is 24.5 Å². The van der Waals surface area contributed by atoms with Crippen molar-refractivity contribution in [2.24, 2.45) is 0 Å². The van der Waals surface area contributed by atoms with Gasteiger partial charge < -0.3 is 10.6 Å². The van der Waals surface area contributed by atoms with E-state index in [2.05, 4.69) is 25.6 Å². The van der Waals surface area contributed by atoms with Crippen molar-refractivity contribution in [2.75, 3.05) is 5.32 Å². The minimum Gasteiger partial charge on any atom is -0.347 e. The van der Waals surface area contributed by atoms with Crippen LogP contribution in [0.4, 0.5) is 20.4 Å². The molecule has 0 unspecified atom stereocenters. The summed E-state index contributed by atoms with van der Waals surface area (Å²) in [4.78, 5) is 23.9. The summed E-state index contributed by atoms with van der Waals surface area (Å²) >= 11 is 0. The lowest BCUT2D eigenvalue weighted by Gasteiger charge is -2.08. The normalized spacial score (nSPS) is 10.3. The zero-order valence-corrected chi connectivity index (χ0v) is 12.9. The highest BCUT2D eigenvalue weighted by Gasteiger charge is 2.12. The zero-order chi connectivity index (χ0) is 17.6. The largest absolute Gasteiger partial charge is 0.347 e. The number of anilines is 2. The van der Waals surface area contributed by atoms with Gasteiger partial charge in [-0.1, -0.05) is 6.07 Å². The Morgan fingerprint density at radius 2 is 1.72 bits per heavy atom. The van der Waals surface area contributed by atoms with Crippen LogP contribution in [0.1, 0.15) is 16.1 Å². The van der Waals surface area contributed by atoms with Crippen molar-refractivity contribution in [3.05, 3.63) is 77.9 Å². The van der Waals surface area contributed by atoms with E-state index in [9.17, 15) is 13.6 Å². The van der Waals surface area contributed by atoms with E-state index in [0.29, 0.717) is 6.54 Å². The highest BCUT2D eigenvalue weighted by molar-refractivity contribution is 5.92. The molecule has 2 N–H and O–H groups in total. The molecule has 1 amide bonds. The van der Waals surface area contributed by atoms with Gasteiger partial charge in [0.2, 0.25) is 5.95 Å². The Balaban J connectivity index is 1.72. The maximum atomic E-state index is 13.7. The molecule has 0 saturated carbocycles. The summed E-state index contributed by atoms with van der Waals surface area (Å²) in [5.74, 6) is -2.08. The minimum absolute atomic E-state index is 0.0725. The van der Waals surface area contributed by atoms with Crippen LogP contribution >= 0.6 is 0 Å². The topological polar surface area (TPSA) is 79.8 Å². The van der Waals surface area contributed by atoms with E-state index >= 15 is 0 Å². The monoisotopic (exact) mass is 341 g/mol. The van der Waals surface area contributed by atoms with Crippen LogP contribution in [0.25, 0.3) is 0 Å². The van der Waals surface area contributed by atoms with Crippen molar-refractivity contribution in [3.8, 4) is 0 Å². The van der Waals surface area contributed by atoms with Crippen LogP contribution in [0.2, 0.25) is 0 Å². The molecule has 0 bridgehead atoms. The van der Waals surface area contributed by atoms with Crippen molar-refractivity contribution in [2.45, 2.75) is 6.54 Å². The molecule has 6 nitrogen and oxygen atoms in total. The lowest BCUT2D eigenvalue weighted by Crippen LogP contribution is -2.24. The second kappa shape index (κ2) is 7.43. The first kappa shape index (κ1) is 16.4. The molecule has 25 heavy (non-hydrogen) atoms. The summed E-state index contributed by atoms with van der Waals surface area (Å²) in [5, 5.41) is 5.15. The van der Waals surface area contributed by atoms with E-state index in [4.69, 9.17) is 0 Å². The lowest BCUT2D eigenvalue weighted by atomic mass is 10.2. The number of halogens is 2. The van der Waals surface area contributed by atoms with E-state index in [-0.39, 0.29) is 17.3 Å². The molecule has 3 rings (SSSR count). The molecule has 0 aliphatic heterocycles. The molecule has 0 fully saturated rings. The second-order valence-corrected chi connectivity index (χ2v) is 5.03. The highest BCUT2D eigenvalue weighted by atomic mass is 19.1. The average Bonchev–Trinajstić information content (AvgIpc) is 2.64. The van der Waals surface area contributed by atoms with Gasteiger partial charge in [0.05, 0.1) is 0 Å². The molecule has 2 aromatic heterocycles. The highest BCUT2D eigenvalue weighted by Crippen LogP contribution is 2.21. The van der Waals surface area contributed by atoms with Gasteiger partial charge in [-0.15, -0.1) is 0 Å². The number of hydrogen-bond donors (Lipinski definition) is 2. The molecule has 0 spiro atoms. The van der Waals surface area contributed by atoms with Crippen LogP contribution in [0, 0.1) is 11.6 Å². The number of benzene rings is 1. The molecule has 0 atom stereocenters. The molecule has 0 aliphatic carbocycles. The summed E-state index contributed by atoms with van der Waals surface area (Å²) in [7, 11) is 0. The number of carbonyl (C=O) groups is 1. The van der Waals surface area contributed by atoms with Crippen LogP contribution in [0.5, 0.6) is 0 Å². The maximum Gasteiger partial charge on any atom is 0.270 e. The number of nitrogens with one attached hydrogen (secondary N) is 2. The molecular weight excluding hydrogens is 328 g/mol. The first-order valence-corrected chi connectivity index (χ1v) is 7.34. The molecule has 126 valence electrons. The van der Waals surface area contributed by atoms with E-state index in [1.807, 2.05) is 0 Å². The maximum absolute atomic E-state index is 13.7. The Kier molecular flexibility index (Phi) is 4.89. The number of hydrogen-bond acceptors (Lipinski definition) is 5. The molecule has 2 heterocycles. The number of rotatable bonds is 5. The first-order valence-electron chi connectivity index (χ1n) is 7.34. The third kappa shape index (κ3) is 4.11. The molecule has 0 radical (unpaired) electrons. The van der Waals surface area contributed by atoms with E-state index < -0.39 is 17.5 Å². The predicted molar refractivity (Wildman–Crippen MR) is 87.1 cm³/mol. The average molecular weight is 341 g/mol. The fourth-order valence-electron chi connectivity index (χ4n) is 2.05. The first-order chi connectivity index (χ1) is 12.1. The van der Waals surface area contributed by atoms with Crippen LogP contribution in [0.3, 0.4) is 0 Å². The molecule has 8 heteroatoms. The summed E-state index contributed by atoms with van der Waals surface area (Å²) in [6, 6.07) is 8.42. The van der Waals surface area contributed by atoms with E-state index in [0.717, 1.165) is 17.7 Å². The number of para-hydroxylation sites is 1. The second-order valence-electron chi connectivity index (χ2n) is 5.03. The van der Waals surface area contributed by atoms with Crippen molar-refractivity contribution in [3.63, 3.8) is 0 Å². The number of pyridine rings is 1. The fraction of sp³-hybridized carbons (Fsp3) is 0.0588. The van der Waals surface area contributed by atoms with Gasteiger partial charge in [-0.2, -0.15) is 0 Å². The smallest absolute Gasteiger partial charge is 0.270 e. The minimum atomic E-state index is -0.781. The molecule has 3 aromatic rings. The third-order valence-electron chi connectivity index (χ3n) is 3.29. The molecular formula is C17H13F2N5O. The Labute approximate surface area is 142 Å². The van der Waals surface area contributed by atoms with Crippen LogP contribution in [-0.4, -0.2) is 20.9 Å². The Morgan fingerprint density at radius 1 is 1.00 bits per heavy atom. The van der Waals surface area contributed by atoms with Gasteiger partial charge in [0, 0.05) is 25.1 Å². The van der Waals surface area contributed by atoms with Crippen LogP contribution in [-0.2, 0) is 6.54 Å². The summed E-state index contributed by atoms with van der Waals surface area (Å²) < 4.78 is 27.3. The van der Waals surface area contributed by atoms with Gasteiger partial charge >= 0.3 is 0 Å². The summed E-state index contributed by atoms with van der Waals surface area (Å²) in [6.45, 7) is 0.302. The Morgan fingerprint density at radius 3 is 2.44 bits per heavy atom. The van der Waals surface area contributed by atoms with Crippen LogP contribution < -0.4 is 10.6 Å². The van der Waals surface area contributed by atoms with Gasteiger partial charge in [-0.25, -0.2) is 18.7 Å². The summed E-state index contributed by atoms with van der Waals surface area (Å²) in [6.07, 6.45) is 4.57.